The van der Waals surface area contributed by atoms with Gasteiger partial charge >= 0.3 is 7.12 Å². The summed E-state index contributed by atoms with van der Waals surface area (Å²) in [6.45, 7) is 2.08. The fraction of sp³-hybridized carbons (Fsp3) is 0.250. The fourth-order valence-electron chi connectivity index (χ4n) is 1.00. The lowest BCUT2D eigenvalue weighted by atomic mass is 9.79. The Morgan fingerprint density at radius 1 is 1.46 bits per heavy atom. The van der Waals surface area contributed by atoms with Crippen molar-refractivity contribution in [3.05, 3.63) is 24.0 Å². The van der Waals surface area contributed by atoms with E-state index in [4.69, 9.17) is 14.8 Å². The predicted octanol–water partition coefficient (Wildman–Crippen LogP) is -0.0958. The average molecular weight is 184 g/mol. The van der Waals surface area contributed by atoms with Crippen LogP contribution >= 0.6 is 0 Å². The van der Waals surface area contributed by atoms with Crippen LogP contribution in [0.3, 0.4) is 0 Å². The smallest absolute Gasteiger partial charge is 0.492 e. The van der Waals surface area contributed by atoms with E-state index in [1.54, 1.807) is 6.92 Å². The van der Waals surface area contributed by atoms with Crippen LogP contribution in [0.1, 0.15) is 6.92 Å². The Morgan fingerprint density at radius 3 is 2.69 bits per heavy atom. The van der Waals surface area contributed by atoms with Gasteiger partial charge in [0.15, 0.2) is 0 Å². The number of halogens is 1. The van der Waals surface area contributed by atoms with Crippen LogP contribution in [0.15, 0.2) is 18.2 Å². The van der Waals surface area contributed by atoms with Gasteiger partial charge in [0.2, 0.25) is 0 Å². The van der Waals surface area contributed by atoms with Gasteiger partial charge in [0.25, 0.3) is 0 Å². The van der Waals surface area contributed by atoms with Gasteiger partial charge in [0, 0.05) is 11.5 Å². The monoisotopic (exact) mass is 184 g/mol. The van der Waals surface area contributed by atoms with E-state index in [0.717, 1.165) is 12.1 Å². The second kappa shape index (κ2) is 4.25. The molecule has 3 nitrogen and oxygen atoms in total. The first-order chi connectivity index (χ1) is 6.15. The predicted molar refractivity (Wildman–Crippen MR) is 47.4 cm³/mol. The van der Waals surface area contributed by atoms with E-state index in [9.17, 15) is 4.39 Å². The third kappa shape index (κ3) is 2.43. The van der Waals surface area contributed by atoms with Crippen LogP contribution in [0.25, 0.3) is 0 Å². The summed E-state index contributed by atoms with van der Waals surface area (Å²) in [7, 11) is -1.64. The Balaban J connectivity index is 3.03. The summed E-state index contributed by atoms with van der Waals surface area (Å²) in [5, 5.41) is 17.8. The van der Waals surface area contributed by atoms with E-state index >= 15 is 0 Å². The fourth-order valence-corrected chi connectivity index (χ4v) is 1.00. The first-order valence-electron chi connectivity index (χ1n) is 3.93. The summed E-state index contributed by atoms with van der Waals surface area (Å²) < 4.78 is 17.7. The Morgan fingerprint density at radius 2 is 2.15 bits per heavy atom. The van der Waals surface area contributed by atoms with Gasteiger partial charge in [-0.1, -0.05) is 6.07 Å². The quantitative estimate of drug-likeness (QED) is 0.645. The summed E-state index contributed by atoms with van der Waals surface area (Å²) in [6, 6.07) is 3.56. The highest BCUT2D eigenvalue weighted by atomic mass is 19.1. The molecule has 0 fully saturated rings. The first kappa shape index (κ1) is 10.0. The summed E-state index contributed by atoms with van der Waals surface area (Å²) >= 11 is 0. The number of hydrogen-bond acceptors (Lipinski definition) is 3. The minimum atomic E-state index is -1.64. The first-order valence-corrected chi connectivity index (χ1v) is 3.93. The molecule has 0 spiro atoms. The van der Waals surface area contributed by atoms with Crippen LogP contribution in [-0.2, 0) is 0 Å². The molecule has 0 heterocycles. The van der Waals surface area contributed by atoms with Crippen LogP contribution in [-0.4, -0.2) is 23.8 Å². The van der Waals surface area contributed by atoms with Crippen LogP contribution in [0.4, 0.5) is 4.39 Å². The summed E-state index contributed by atoms with van der Waals surface area (Å²) in [6.07, 6.45) is 0. The molecule has 1 rings (SSSR count). The van der Waals surface area contributed by atoms with Gasteiger partial charge in [-0.3, -0.25) is 0 Å². The largest absolute Gasteiger partial charge is 0.494 e. The summed E-state index contributed by atoms with van der Waals surface area (Å²) in [5.41, 5.74) is 0.170. The molecule has 1 aromatic rings. The van der Waals surface area contributed by atoms with Crippen molar-refractivity contribution >= 4 is 12.6 Å². The average Bonchev–Trinajstić information content (AvgIpc) is 2.04. The highest BCUT2D eigenvalue weighted by Crippen LogP contribution is 2.10. The second-order valence-corrected chi connectivity index (χ2v) is 2.49. The SMILES string of the molecule is CCOc1cc(F)ccc1B(O)O. The van der Waals surface area contributed by atoms with Crippen molar-refractivity contribution in [2.45, 2.75) is 6.92 Å². The zero-order chi connectivity index (χ0) is 9.84. The van der Waals surface area contributed by atoms with Gasteiger partial charge in [-0.05, 0) is 13.0 Å². The molecule has 0 atom stereocenters. The van der Waals surface area contributed by atoms with E-state index in [2.05, 4.69) is 0 Å². The number of rotatable bonds is 3. The highest BCUT2D eigenvalue weighted by Gasteiger charge is 2.17. The highest BCUT2D eigenvalue weighted by molar-refractivity contribution is 6.59. The zero-order valence-corrected chi connectivity index (χ0v) is 7.20. The molecular formula is C8H10BFO3. The molecule has 0 aliphatic rings. The van der Waals surface area contributed by atoms with Crippen molar-refractivity contribution in [2.75, 3.05) is 6.61 Å². The molecule has 70 valence electrons. The molecule has 0 aliphatic heterocycles. The number of ether oxygens (including phenoxy) is 1. The van der Waals surface area contributed by atoms with E-state index in [1.807, 2.05) is 0 Å². The molecule has 0 radical (unpaired) electrons. The molecule has 5 heteroatoms. The molecule has 0 aliphatic carbocycles. The minimum Gasteiger partial charge on any atom is -0.494 e. The van der Waals surface area contributed by atoms with Crippen LogP contribution in [0.5, 0.6) is 5.75 Å². The molecule has 0 amide bonds. The molecule has 0 aromatic heterocycles. The standard InChI is InChI=1S/C8H10BFO3/c1-2-13-8-5-6(10)3-4-7(8)9(11)12/h3-5,11-12H,2H2,1H3. The van der Waals surface area contributed by atoms with Crippen LogP contribution in [0.2, 0.25) is 0 Å². The van der Waals surface area contributed by atoms with Crippen molar-refractivity contribution in [3.63, 3.8) is 0 Å². The van der Waals surface area contributed by atoms with E-state index < -0.39 is 12.9 Å². The lowest BCUT2D eigenvalue weighted by molar-refractivity contribution is 0.338. The summed E-state index contributed by atoms with van der Waals surface area (Å²) in [5.74, 6) is -0.301. The Labute approximate surface area is 75.9 Å². The molecule has 13 heavy (non-hydrogen) atoms. The van der Waals surface area contributed by atoms with Crippen LogP contribution < -0.4 is 10.2 Å². The maximum absolute atomic E-state index is 12.7. The van der Waals surface area contributed by atoms with Crippen molar-refractivity contribution in [1.29, 1.82) is 0 Å². The molecule has 0 unspecified atom stereocenters. The van der Waals surface area contributed by atoms with E-state index in [1.165, 1.54) is 6.07 Å². The minimum absolute atomic E-state index is 0.164. The molecule has 0 bridgehead atoms. The summed E-state index contributed by atoms with van der Waals surface area (Å²) in [4.78, 5) is 0. The third-order valence-corrected chi connectivity index (χ3v) is 1.55. The van der Waals surface area contributed by atoms with E-state index in [0.29, 0.717) is 6.61 Å². The van der Waals surface area contributed by atoms with Gasteiger partial charge in [-0.15, -0.1) is 0 Å². The van der Waals surface area contributed by atoms with Gasteiger partial charge in [-0.2, -0.15) is 0 Å². The third-order valence-electron chi connectivity index (χ3n) is 1.55. The lowest BCUT2D eigenvalue weighted by Gasteiger charge is -2.08. The van der Waals surface area contributed by atoms with Gasteiger partial charge in [0.1, 0.15) is 11.6 Å². The molecule has 0 saturated heterocycles. The lowest BCUT2D eigenvalue weighted by Crippen LogP contribution is -2.31. The van der Waals surface area contributed by atoms with Gasteiger partial charge in [0.05, 0.1) is 6.61 Å². The normalized spacial score (nSPS) is 9.85. The zero-order valence-electron chi connectivity index (χ0n) is 7.20. The molecule has 0 saturated carbocycles. The Hall–Kier alpha value is -1.07. The maximum atomic E-state index is 12.7. The number of hydrogen-bond donors (Lipinski definition) is 2. The van der Waals surface area contributed by atoms with E-state index in [-0.39, 0.29) is 11.2 Å². The second-order valence-electron chi connectivity index (χ2n) is 2.49. The molecular weight excluding hydrogens is 174 g/mol. The molecule has 1 aromatic carbocycles. The van der Waals surface area contributed by atoms with Crippen molar-refractivity contribution in [3.8, 4) is 5.75 Å². The Kier molecular flexibility index (Phi) is 3.28. The maximum Gasteiger partial charge on any atom is 0.492 e. The topological polar surface area (TPSA) is 49.7 Å². The number of benzene rings is 1. The van der Waals surface area contributed by atoms with Gasteiger partial charge < -0.3 is 14.8 Å². The molecule has 2 N–H and O–H groups in total. The van der Waals surface area contributed by atoms with Crippen molar-refractivity contribution < 1.29 is 19.2 Å². The van der Waals surface area contributed by atoms with Gasteiger partial charge in [-0.25, -0.2) is 4.39 Å². The van der Waals surface area contributed by atoms with Crippen molar-refractivity contribution in [1.82, 2.24) is 0 Å². The Bertz CT molecular complexity index is 291. The van der Waals surface area contributed by atoms with Crippen molar-refractivity contribution in [2.24, 2.45) is 0 Å². The van der Waals surface area contributed by atoms with Crippen LogP contribution in [0, 0.1) is 5.82 Å².